The lowest BCUT2D eigenvalue weighted by atomic mass is 10.1. The van der Waals surface area contributed by atoms with Crippen molar-refractivity contribution in [3.63, 3.8) is 0 Å². The lowest BCUT2D eigenvalue weighted by Crippen LogP contribution is -2.46. The van der Waals surface area contributed by atoms with Gasteiger partial charge in [-0.15, -0.1) is 5.10 Å². The molecule has 1 aliphatic heterocycles. The highest BCUT2D eigenvalue weighted by molar-refractivity contribution is 6.00. The highest BCUT2D eigenvalue weighted by Crippen LogP contribution is 2.24. The SMILES string of the molecule is CCCCCCOc1ccc(N2CCN(c3ccc(C(=O)n4nnc5ccccc54)cc3)CC2)cc1. The van der Waals surface area contributed by atoms with Crippen molar-refractivity contribution in [2.45, 2.75) is 32.6 Å². The van der Waals surface area contributed by atoms with Crippen LogP contribution in [0.5, 0.6) is 5.75 Å². The molecule has 36 heavy (non-hydrogen) atoms. The van der Waals surface area contributed by atoms with Crippen molar-refractivity contribution < 1.29 is 9.53 Å². The molecule has 186 valence electrons. The van der Waals surface area contributed by atoms with Crippen LogP contribution in [-0.4, -0.2) is 53.7 Å². The molecule has 1 aromatic heterocycles. The zero-order valence-electron chi connectivity index (χ0n) is 20.8. The van der Waals surface area contributed by atoms with E-state index in [1.54, 1.807) is 0 Å². The van der Waals surface area contributed by atoms with Crippen molar-refractivity contribution in [2.24, 2.45) is 0 Å². The normalized spacial score (nSPS) is 13.8. The Labute approximate surface area is 212 Å². The van der Waals surface area contributed by atoms with Crippen LogP contribution in [0.15, 0.2) is 72.8 Å². The molecule has 0 saturated carbocycles. The minimum Gasteiger partial charge on any atom is -0.494 e. The summed E-state index contributed by atoms with van der Waals surface area (Å²) < 4.78 is 7.25. The van der Waals surface area contributed by atoms with Gasteiger partial charge in [0.1, 0.15) is 11.3 Å². The number of carbonyl (C=O) groups excluding carboxylic acids is 1. The number of hydrogen-bond donors (Lipinski definition) is 0. The monoisotopic (exact) mass is 483 g/mol. The molecule has 7 heteroatoms. The second kappa shape index (κ2) is 11.2. The van der Waals surface area contributed by atoms with E-state index in [1.165, 1.54) is 29.6 Å². The van der Waals surface area contributed by atoms with E-state index in [1.807, 2.05) is 48.5 Å². The van der Waals surface area contributed by atoms with E-state index < -0.39 is 0 Å². The van der Waals surface area contributed by atoms with Crippen LogP contribution in [0, 0.1) is 0 Å². The molecule has 5 rings (SSSR count). The van der Waals surface area contributed by atoms with Gasteiger partial charge in [0.25, 0.3) is 5.91 Å². The van der Waals surface area contributed by atoms with Crippen LogP contribution in [0.25, 0.3) is 11.0 Å². The highest BCUT2D eigenvalue weighted by Gasteiger charge is 2.19. The van der Waals surface area contributed by atoms with Crippen molar-refractivity contribution >= 4 is 28.3 Å². The molecule has 0 amide bonds. The first-order chi connectivity index (χ1) is 17.7. The summed E-state index contributed by atoms with van der Waals surface area (Å²) in [4.78, 5) is 17.7. The van der Waals surface area contributed by atoms with Gasteiger partial charge in [-0.1, -0.05) is 43.5 Å². The number of hydrogen-bond acceptors (Lipinski definition) is 6. The largest absolute Gasteiger partial charge is 0.494 e. The maximum absolute atomic E-state index is 13.0. The van der Waals surface area contributed by atoms with Gasteiger partial charge in [0.05, 0.1) is 12.1 Å². The minimum absolute atomic E-state index is 0.173. The van der Waals surface area contributed by atoms with Crippen LogP contribution in [0.1, 0.15) is 43.0 Å². The number of rotatable bonds is 9. The summed E-state index contributed by atoms with van der Waals surface area (Å²) >= 11 is 0. The average molecular weight is 484 g/mol. The zero-order chi connectivity index (χ0) is 24.7. The second-order valence-electron chi connectivity index (χ2n) is 9.22. The number of carbonyl (C=O) groups is 1. The van der Waals surface area contributed by atoms with Gasteiger partial charge in [-0.05, 0) is 67.1 Å². The Morgan fingerprint density at radius 2 is 1.44 bits per heavy atom. The standard InChI is InChI=1S/C29H33N5O2/c1-2-3-4-7-22-36-26-16-14-25(15-17-26)33-20-18-32(19-21-33)24-12-10-23(11-13-24)29(35)34-28-9-6-5-8-27(28)30-31-34/h5-6,8-17H,2-4,7,18-22H2,1H3. The summed E-state index contributed by atoms with van der Waals surface area (Å²) in [6, 6.07) is 23.8. The van der Waals surface area contributed by atoms with Crippen LogP contribution in [0.4, 0.5) is 11.4 Å². The van der Waals surface area contributed by atoms with Gasteiger partial charge >= 0.3 is 0 Å². The Balaban J connectivity index is 1.14. The molecule has 0 radical (unpaired) electrons. The Morgan fingerprint density at radius 3 is 2.11 bits per heavy atom. The van der Waals surface area contributed by atoms with Crippen molar-refractivity contribution in [1.29, 1.82) is 0 Å². The highest BCUT2D eigenvalue weighted by atomic mass is 16.5. The molecule has 1 fully saturated rings. The molecule has 0 spiro atoms. The zero-order valence-corrected chi connectivity index (χ0v) is 20.8. The first kappa shape index (κ1) is 23.9. The van der Waals surface area contributed by atoms with Gasteiger partial charge < -0.3 is 14.5 Å². The molecule has 1 aliphatic rings. The number of anilines is 2. The Hall–Kier alpha value is -3.87. The van der Waals surface area contributed by atoms with Crippen LogP contribution >= 0.6 is 0 Å². The number of nitrogens with zero attached hydrogens (tertiary/aromatic N) is 5. The molecule has 0 unspecified atom stereocenters. The van der Waals surface area contributed by atoms with Gasteiger partial charge in [0.15, 0.2) is 0 Å². The molecule has 0 aliphatic carbocycles. The van der Waals surface area contributed by atoms with E-state index in [9.17, 15) is 4.79 Å². The summed E-state index contributed by atoms with van der Waals surface area (Å²) in [6.07, 6.45) is 4.87. The molecule has 3 aromatic carbocycles. The number of aromatic nitrogens is 3. The quantitative estimate of drug-likeness (QED) is 0.297. The molecule has 0 bridgehead atoms. The number of piperazine rings is 1. The number of fused-ring (bicyclic) bond motifs is 1. The first-order valence-electron chi connectivity index (χ1n) is 12.9. The van der Waals surface area contributed by atoms with Gasteiger partial charge in [-0.2, -0.15) is 4.68 Å². The van der Waals surface area contributed by atoms with Crippen LogP contribution < -0.4 is 14.5 Å². The summed E-state index contributed by atoms with van der Waals surface area (Å²) in [5.74, 6) is 0.774. The van der Waals surface area contributed by atoms with Crippen LogP contribution in [0.2, 0.25) is 0 Å². The summed E-state index contributed by atoms with van der Waals surface area (Å²) in [5.41, 5.74) is 4.38. The maximum Gasteiger partial charge on any atom is 0.280 e. The van der Waals surface area contributed by atoms with E-state index in [2.05, 4.69) is 51.3 Å². The second-order valence-corrected chi connectivity index (χ2v) is 9.22. The smallest absolute Gasteiger partial charge is 0.280 e. The first-order valence-corrected chi connectivity index (χ1v) is 12.9. The Kier molecular flexibility index (Phi) is 7.45. The molecule has 0 N–H and O–H groups in total. The lowest BCUT2D eigenvalue weighted by Gasteiger charge is -2.37. The van der Waals surface area contributed by atoms with Crippen LogP contribution in [-0.2, 0) is 0 Å². The van der Waals surface area contributed by atoms with Gasteiger partial charge in [0, 0.05) is 43.1 Å². The lowest BCUT2D eigenvalue weighted by molar-refractivity contribution is 0.0948. The van der Waals surface area contributed by atoms with E-state index in [4.69, 9.17) is 4.74 Å². The maximum atomic E-state index is 13.0. The number of ether oxygens (including phenoxy) is 1. The van der Waals surface area contributed by atoms with E-state index in [-0.39, 0.29) is 5.91 Å². The average Bonchev–Trinajstić information content (AvgIpc) is 3.37. The van der Waals surface area contributed by atoms with Crippen LogP contribution in [0.3, 0.4) is 0 Å². The van der Waals surface area contributed by atoms with E-state index >= 15 is 0 Å². The van der Waals surface area contributed by atoms with Crippen molar-refractivity contribution in [3.05, 3.63) is 78.4 Å². The molecular weight excluding hydrogens is 450 g/mol. The summed E-state index contributed by atoms with van der Waals surface area (Å²) in [7, 11) is 0. The Morgan fingerprint density at radius 1 is 0.806 bits per heavy atom. The topological polar surface area (TPSA) is 63.5 Å². The third-order valence-corrected chi connectivity index (χ3v) is 6.77. The summed E-state index contributed by atoms with van der Waals surface area (Å²) in [5, 5.41) is 8.13. The predicted octanol–water partition coefficient (Wildman–Crippen LogP) is 5.41. The fourth-order valence-corrected chi connectivity index (χ4v) is 4.65. The van der Waals surface area contributed by atoms with Gasteiger partial charge in [0.2, 0.25) is 0 Å². The van der Waals surface area contributed by atoms with Gasteiger partial charge in [-0.3, -0.25) is 4.79 Å². The minimum atomic E-state index is -0.173. The van der Waals surface area contributed by atoms with Crippen molar-refractivity contribution in [3.8, 4) is 5.75 Å². The van der Waals surface area contributed by atoms with E-state index in [0.29, 0.717) is 16.6 Å². The Bertz CT molecular complexity index is 1280. The molecule has 0 atom stereocenters. The molecule has 1 saturated heterocycles. The molecule has 7 nitrogen and oxygen atoms in total. The molecular formula is C29H33N5O2. The summed E-state index contributed by atoms with van der Waals surface area (Å²) in [6.45, 7) is 6.76. The molecule has 4 aromatic rings. The number of unbranched alkanes of at least 4 members (excludes halogenated alkanes) is 3. The third-order valence-electron chi connectivity index (χ3n) is 6.77. The number of benzene rings is 3. The van der Waals surface area contributed by atoms with Gasteiger partial charge in [-0.25, -0.2) is 0 Å². The predicted molar refractivity (Wildman–Crippen MR) is 144 cm³/mol. The number of para-hydroxylation sites is 1. The fraction of sp³-hybridized carbons (Fsp3) is 0.345. The third kappa shape index (κ3) is 5.35. The fourth-order valence-electron chi connectivity index (χ4n) is 4.65. The van der Waals surface area contributed by atoms with E-state index in [0.717, 1.165) is 50.6 Å². The van der Waals surface area contributed by atoms with Crippen molar-refractivity contribution in [1.82, 2.24) is 15.0 Å². The van der Waals surface area contributed by atoms with Crippen molar-refractivity contribution in [2.75, 3.05) is 42.6 Å². The molecule has 2 heterocycles.